The molecule has 3 rings (SSSR count). The maximum absolute atomic E-state index is 14.0. The summed E-state index contributed by atoms with van der Waals surface area (Å²) in [5, 5.41) is 11.4. The summed E-state index contributed by atoms with van der Waals surface area (Å²) in [5.74, 6) is -2.80. The van der Waals surface area contributed by atoms with Crippen molar-refractivity contribution < 1.29 is 23.8 Å². The summed E-state index contributed by atoms with van der Waals surface area (Å²) in [5.41, 5.74) is 0.317. The van der Waals surface area contributed by atoms with Gasteiger partial charge in [0.25, 0.3) is 0 Å². The third-order valence-corrected chi connectivity index (χ3v) is 4.24. The van der Waals surface area contributed by atoms with Crippen molar-refractivity contribution in [3.8, 4) is 5.75 Å². The molecular weight excluding hydrogens is 289 g/mol. The zero-order valence-corrected chi connectivity index (χ0v) is 12.0. The molecule has 5 nitrogen and oxygen atoms in total. The van der Waals surface area contributed by atoms with E-state index in [0.29, 0.717) is 12.1 Å². The smallest absolute Gasteiger partial charge is 0.307 e. The molecule has 2 aliphatic rings. The number of halogens is 1. The summed E-state index contributed by atoms with van der Waals surface area (Å²) in [6, 6.07) is 4.29. The number of rotatable bonds is 5. The number of hydrogen-bond acceptors (Lipinski definition) is 3. The van der Waals surface area contributed by atoms with Crippen LogP contribution < -0.4 is 10.1 Å². The first kappa shape index (κ1) is 14.8. The molecule has 0 radical (unpaired) electrons. The lowest BCUT2D eigenvalue weighted by molar-refractivity contribution is -0.139. The van der Waals surface area contributed by atoms with Gasteiger partial charge in [0.2, 0.25) is 5.91 Å². The lowest BCUT2D eigenvalue weighted by Crippen LogP contribution is -2.17. The Balaban J connectivity index is 1.59. The summed E-state index contributed by atoms with van der Waals surface area (Å²) in [6.07, 6.45) is 4.50. The van der Waals surface area contributed by atoms with Gasteiger partial charge in [-0.25, -0.2) is 4.39 Å². The van der Waals surface area contributed by atoms with E-state index in [2.05, 4.69) is 5.32 Å². The normalized spacial score (nSPS) is 24.0. The molecule has 2 atom stereocenters. The largest absolute Gasteiger partial charge is 0.487 e. The fraction of sp³-hybridized carbons (Fsp3) is 0.500. The minimum absolute atomic E-state index is 0.0673. The van der Waals surface area contributed by atoms with Crippen LogP contribution >= 0.6 is 0 Å². The number of hydrogen-bond donors (Lipinski definition) is 2. The summed E-state index contributed by atoms with van der Waals surface area (Å²) < 4.78 is 19.6. The van der Waals surface area contributed by atoms with Crippen LogP contribution in [0.5, 0.6) is 5.75 Å². The molecule has 1 aromatic rings. The number of carboxylic acids is 1. The highest BCUT2D eigenvalue weighted by Gasteiger charge is 2.48. The fourth-order valence-electron chi connectivity index (χ4n) is 2.85. The average molecular weight is 307 g/mol. The van der Waals surface area contributed by atoms with Crippen molar-refractivity contribution >= 4 is 17.6 Å². The van der Waals surface area contributed by atoms with E-state index in [-0.39, 0.29) is 17.8 Å². The Bertz CT molecular complexity index is 598. The van der Waals surface area contributed by atoms with Crippen molar-refractivity contribution in [2.24, 2.45) is 11.8 Å². The summed E-state index contributed by atoms with van der Waals surface area (Å²) in [6.45, 7) is 0. The second-order valence-electron chi connectivity index (χ2n) is 5.95. The van der Waals surface area contributed by atoms with Crippen LogP contribution in [0.15, 0.2) is 18.2 Å². The minimum atomic E-state index is -0.966. The minimum Gasteiger partial charge on any atom is -0.487 e. The van der Waals surface area contributed by atoms with Crippen LogP contribution in [0, 0.1) is 17.7 Å². The second-order valence-corrected chi connectivity index (χ2v) is 5.95. The molecule has 2 N–H and O–H groups in total. The van der Waals surface area contributed by atoms with Crippen LogP contribution in [0.4, 0.5) is 10.1 Å². The van der Waals surface area contributed by atoms with Gasteiger partial charge >= 0.3 is 5.97 Å². The van der Waals surface area contributed by atoms with Gasteiger partial charge in [-0.05, 0) is 44.2 Å². The Morgan fingerprint density at radius 1 is 1.23 bits per heavy atom. The van der Waals surface area contributed by atoms with Gasteiger partial charge in [-0.3, -0.25) is 9.59 Å². The zero-order valence-electron chi connectivity index (χ0n) is 12.0. The molecular formula is C16H18FNO4. The van der Waals surface area contributed by atoms with E-state index in [0.717, 1.165) is 25.7 Å². The van der Waals surface area contributed by atoms with Gasteiger partial charge in [0.15, 0.2) is 11.6 Å². The van der Waals surface area contributed by atoms with E-state index in [4.69, 9.17) is 9.84 Å². The molecule has 6 heteroatoms. The Morgan fingerprint density at radius 3 is 2.55 bits per heavy atom. The van der Waals surface area contributed by atoms with Crippen molar-refractivity contribution in [2.75, 3.05) is 5.32 Å². The van der Waals surface area contributed by atoms with Crippen molar-refractivity contribution in [1.82, 2.24) is 0 Å². The Kier molecular flexibility index (Phi) is 4.00. The molecule has 118 valence electrons. The fourth-order valence-corrected chi connectivity index (χ4v) is 2.85. The van der Waals surface area contributed by atoms with Crippen molar-refractivity contribution in [2.45, 2.75) is 38.2 Å². The molecule has 2 saturated carbocycles. The zero-order chi connectivity index (χ0) is 15.7. The molecule has 1 amide bonds. The molecule has 2 fully saturated rings. The van der Waals surface area contributed by atoms with E-state index in [1.807, 2.05) is 0 Å². The number of aliphatic carboxylic acids is 1. The van der Waals surface area contributed by atoms with E-state index in [1.165, 1.54) is 12.1 Å². The van der Waals surface area contributed by atoms with Crippen LogP contribution in [0.2, 0.25) is 0 Å². The molecule has 0 bridgehead atoms. The number of carboxylic acid groups (broad SMARTS) is 1. The van der Waals surface area contributed by atoms with Gasteiger partial charge in [0, 0.05) is 11.8 Å². The van der Waals surface area contributed by atoms with Crippen molar-refractivity contribution in [3.05, 3.63) is 24.0 Å². The van der Waals surface area contributed by atoms with Gasteiger partial charge in [0.1, 0.15) is 0 Å². The Hall–Kier alpha value is -2.11. The van der Waals surface area contributed by atoms with E-state index in [9.17, 15) is 14.0 Å². The third kappa shape index (κ3) is 3.21. The highest BCUT2D eigenvalue weighted by atomic mass is 19.1. The maximum Gasteiger partial charge on any atom is 0.307 e. The molecule has 0 spiro atoms. The predicted octanol–water partition coefficient (Wildman–Crippen LogP) is 2.81. The summed E-state index contributed by atoms with van der Waals surface area (Å²) >= 11 is 0. The van der Waals surface area contributed by atoms with Crippen LogP contribution in [0.1, 0.15) is 32.1 Å². The molecule has 1 aromatic carbocycles. The van der Waals surface area contributed by atoms with Gasteiger partial charge < -0.3 is 15.2 Å². The van der Waals surface area contributed by atoms with Crippen molar-refractivity contribution in [3.63, 3.8) is 0 Å². The number of carbonyl (C=O) groups is 2. The first-order valence-corrected chi connectivity index (χ1v) is 7.54. The van der Waals surface area contributed by atoms with Gasteiger partial charge in [-0.2, -0.15) is 0 Å². The number of benzene rings is 1. The molecule has 0 heterocycles. The summed E-state index contributed by atoms with van der Waals surface area (Å²) in [4.78, 5) is 22.6. The Labute approximate surface area is 127 Å². The predicted molar refractivity (Wildman–Crippen MR) is 77.1 cm³/mol. The first-order valence-electron chi connectivity index (χ1n) is 7.54. The molecule has 22 heavy (non-hydrogen) atoms. The van der Waals surface area contributed by atoms with Crippen molar-refractivity contribution in [1.29, 1.82) is 0 Å². The number of nitrogens with one attached hydrogen (secondary N) is 1. The van der Waals surface area contributed by atoms with Crippen LogP contribution in [-0.4, -0.2) is 23.1 Å². The number of anilines is 1. The van der Waals surface area contributed by atoms with E-state index >= 15 is 0 Å². The van der Waals surface area contributed by atoms with Gasteiger partial charge in [-0.15, -0.1) is 0 Å². The lowest BCUT2D eigenvalue weighted by Gasteiger charge is -2.14. The highest BCUT2D eigenvalue weighted by molar-refractivity contribution is 5.98. The quantitative estimate of drug-likeness (QED) is 0.877. The van der Waals surface area contributed by atoms with Crippen LogP contribution in [0.3, 0.4) is 0 Å². The monoisotopic (exact) mass is 307 g/mol. The molecule has 0 aromatic heterocycles. The summed E-state index contributed by atoms with van der Waals surface area (Å²) in [7, 11) is 0. The number of amides is 1. The highest BCUT2D eigenvalue weighted by Crippen LogP contribution is 2.39. The van der Waals surface area contributed by atoms with E-state index < -0.39 is 23.6 Å². The topological polar surface area (TPSA) is 75.6 Å². The lowest BCUT2D eigenvalue weighted by atomic mass is 10.2. The molecule has 0 saturated heterocycles. The number of ether oxygens (including phenoxy) is 1. The van der Waals surface area contributed by atoms with Gasteiger partial charge in [0.05, 0.1) is 17.9 Å². The average Bonchev–Trinajstić information content (AvgIpc) is 3.13. The van der Waals surface area contributed by atoms with Crippen LogP contribution in [0.25, 0.3) is 0 Å². The molecule has 2 aliphatic carbocycles. The number of carbonyl (C=O) groups excluding carboxylic acids is 1. The molecule has 2 unspecified atom stereocenters. The van der Waals surface area contributed by atoms with E-state index in [1.54, 1.807) is 6.07 Å². The molecule has 0 aliphatic heterocycles. The second kappa shape index (κ2) is 5.94. The first-order chi connectivity index (χ1) is 10.5. The van der Waals surface area contributed by atoms with Crippen LogP contribution in [-0.2, 0) is 9.59 Å². The van der Waals surface area contributed by atoms with Gasteiger partial charge in [-0.1, -0.05) is 0 Å². The third-order valence-electron chi connectivity index (χ3n) is 4.24. The standard InChI is InChI=1S/C16H18FNO4/c17-13-7-9(18-15(19)11-8-12(11)16(20)21)5-6-14(13)22-10-3-1-2-4-10/h5-7,10-12H,1-4,8H2,(H,18,19)(H,20,21). The Morgan fingerprint density at radius 2 is 1.95 bits per heavy atom. The SMILES string of the molecule is O=C(O)C1CC1C(=O)Nc1ccc(OC2CCCC2)c(F)c1. The maximum atomic E-state index is 14.0.